The Labute approximate surface area is 221 Å². The van der Waals surface area contributed by atoms with E-state index >= 15 is 0 Å². The van der Waals surface area contributed by atoms with Gasteiger partial charge in [-0.25, -0.2) is 13.2 Å². The van der Waals surface area contributed by atoms with Gasteiger partial charge in [0.15, 0.2) is 0 Å². The molecule has 4 N–H and O–H groups in total. The Kier molecular flexibility index (Phi) is 7.98. The van der Waals surface area contributed by atoms with Crippen LogP contribution in [0.15, 0.2) is 65.6 Å². The molecule has 1 aliphatic rings. The molecule has 38 heavy (non-hydrogen) atoms. The lowest BCUT2D eigenvalue weighted by molar-refractivity contribution is -0.153. The number of nitrogen functional groups attached to an aromatic ring is 1. The SMILES string of the molecule is CCOC(=O)C(Cc1ccc(C(=N)N)cc1)N1CCC(NS(=O)(=O)c2ccc3cc(OC)ccc3c2)C1=O. The summed E-state index contributed by atoms with van der Waals surface area (Å²) >= 11 is 0. The molecule has 2 atom stereocenters. The number of sulfonamides is 1. The van der Waals surface area contributed by atoms with Crippen molar-refractivity contribution in [3.05, 3.63) is 71.8 Å². The van der Waals surface area contributed by atoms with Gasteiger partial charge in [0.05, 0.1) is 18.6 Å². The smallest absolute Gasteiger partial charge is 0.329 e. The van der Waals surface area contributed by atoms with Crippen molar-refractivity contribution >= 4 is 38.5 Å². The molecule has 0 bridgehead atoms. The van der Waals surface area contributed by atoms with E-state index in [1.54, 1.807) is 68.6 Å². The number of amides is 1. The highest BCUT2D eigenvalue weighted by molar-refractivity contribution is 7.89. The van der Waals surface area contributed by atoms with E-state index < -0.39 is 34.0 Å². The van der Waals surface area contributed by atoms with Crippen molar-refractivity contribution in [2.45, 2.75) is 36.7 Å². The van der Waals surface area contributed by atoms with E-state index in [9.17, 15) is 18.0 Å². The third-order valence-electron chi connectivity index (χ3n) is 6.50. The number of nitrogens with zero attached hydrogens (tertiary/aromatic N) is 1. The number of rotatable bonds is 10. The van der Waals surface area contributed by atoms with Gasteiger partial charge in [-0.15, -0.1) is 0 Å². The minimum Gasteiger partial charge on any atom is -0.497 e. The zero-order chi connectivity index (χ0) is 27.4. The maximum atomic E-state index is 13.3. The molecule has 0 radical (unpaired) electrons. The highest BCUT2D eigenvalue weighted by Gasteiger charge is 2.41. The molecule has 10 nitrogen and oxygen atoms in total. The average molecular weight is 539 g/mol. The summed E-state index contributed by atoms with van der Waals surface area (Å²) in [6, 6.07) is 14.9. The summed E-state index contributed by atoms with van der Waals surface area (Å²) < 4.78 is 39.3. The number of carbonyl (C=O) groups excluding carboxylic acids is 2. The Bertz CT molecular complexity index is 1470. The largest absolute Gasteiger partial charge is 0.497 e. The molecule has 2 unspecified atom stereocenters. The maximum Gasteiger partial charge on any atom is 0.329 e. The summed E-state index contributed by atoms with van der Waals surface area (Å²) in [7, 11) is -2.45. The topological polar surface area (TPSA) is 152 Å². The number of hydrogen-bond donors (Lipinski definition) is 3. The Morgan fingerprint density at radius 1 is 1.13 bits per heavy atom. The Morgan fingerprint density at radius 3 is 2.47 bits per heavy atom. The van der Waals surface area contributed by atoms with Crippen molar-refractivity contribution < 1.29 is 27.5 Å². The fourth-order valence-electron chi connectivity index (χ4n) is 4.48. The number of hydrogen-bond acceptors (Lipinski definition) is 7. The first-order valence-electron chi connectivity index (χ1n) is 12.1. The number of methoxy groups -OCH3 is 1. The molecule has 0 aliphatic carbocycles. The molecule has 0 saturated carbocycles. The lowest BCUT2D eigenvalue weighted by Gasteiger charge is -2.26. The predicted molar refractivity (Wildman–Crippen MR) is 143 cm³/mol. The summed E-state index contributed by atoms with van der Waals surface area (Å²) in [6.45, 7) is 2.02. The van der Waals surface area contributed by atoms with Crippen molar-refractivity contribution in [1.29, 1.82) is 5.41 Å². The molecule has 200 valence electrons. The van der Waals surface area contributed by atoms with Crippen LogP contribution in [0.5, 0.6) is 5.75 Å². The van der Waals surface area contributed by atoms with Crippen molar-refractivity contribution in [2.24, 2.45) is 5.73 Å². The zero-order valence-electron chi connectivity index (χ0n) is 21.1. The Hall–Kier alpha value is -3.96. The first-order chi connectivity index (χ1) is 18.1. The number of likely N-dealkylation sites (tertiary alicyclic amines) is 1. The molecule has 0 spiro atoms. The van der Waals surface area contributed by atoms with Gasteiger partial charge >= 0.3 is 5.97 Å². The second kappa shape index (κ2) is 11.2. The minimum absolute atomic E-state index is 0.0360. The standard InChI is InChI=1S/C27H30N4O6S/c1-3-37-27(33)24(14-17-4-6-18(7-5-17)25(28)29)31-13-12-23(26(31)32)30-38(34,35)22-11-9-19-15-21(36-2)10-8-20(19)16-22/h4-11,15-16,23-24,30H,3,12-14H2,1-2H3,(H3,28,29). The number of amidine groups is 1. The number of nitrogens with one attached hydrogen (secondary N) is 2. The molecule has 1 heterocycles. The number of benzene rings is 3. The predicted octanol–water partition coefficient (Wildman–Crippen LogP) is 2.19. The van der Waals surface area contributed by atoms with Gasteiger partial charge in [-0.2, -0.15) is 4.72 Å². The normalized spacial score (nSPS) is 16.4. The van der Waals surface area contributed by atoms with Gasteiger partial charge in [0.25, 0.3) is 0 Å². The van der Waals surface area contributed by atoms with Gasteiger partial charge in [0.2, 0.25) is 15.9 Å². The zero-order valence-corrected chi connectivity index (χ0v) is 22.0. The Balaban J connectivity index is 1.52. The van der Waals surface area contributed by atoms with Crippen LogP contribution < -0.4 is 15.2 Å². The van der Waals surface area contributed by atoms with E-state index in [4.69, 9.17) is 20.6 Å². The molecular formula is C27H30N4O6S. The van der Waals surface area contributed by atoms with Gasteiger partial charge in [0, 0.05) is 18.5 Å². The van der Waals surface area contributed by atoms with Gasteiger partial charge < -0.3 is 20.1 Å². The fraction of sp³-hybridized carbons (Fsp3) is 0.296. The van der Waals surface area contributed by atoms with Crippen molar-refractivity contribution in [2.75, 3.05) is 20.3 Å². The van der Waals surface area contributed by atoms with Crippen LogP contribution in [0.4, 0.5) is 0 Å². The number of carbonyl (C=O) groups is 2. The van der Waals surface area contributed by atoms with Crippen LogP contribution in [0, 0.1) is 5.41 Å². The summed E-state index contributed by atoms with van der Waals surface area (Å²) in [5, 5.41) is 9.07. The van der Waals surface area contributed by atoms with Gasteiger partial charge in [-0.1, -0.05) is 36.4 Å². The molecule has 3 aromatic carbocycles. The summed E-state index contributed by atoms with van der Waals surface area (Å²) in [5.74, 6) is -0.467. The molecule has 1 aliphatic heterocycles. The van der Waals surface area contributed by atoms with E-state index in [1.807, 2.05) is 0 Å². The molecule has 11 heteroatoms. The highest BCUT2D eigenvalue weighted by atomic mass is 32.2. The third kappa shape index (κ3) is 5.79. The third-order valence-corrected chi connectivity index (χ3v) is 7.96. The van der Waals surface area contributed by atoms with Crippen LogP contribution in [-0.2, 0) is 30.8 Å². The van der Waals surface area contributed by atoms with Crippen molar-refractivity contribution in [3.8, 4) is 5.75 Å². The lowest BCUT2D eigenvalue weighted by Crippen LogP contribution is -2.48. The van der Waals surface area contributed by atoms with Crippen molar-refractivity contribution in [1.82, 2.24) is 9.62 Å². The number of fused-ring (bicyclic) bond motifs is 1. The summed E-state index contributed by atoms with van der Waals surface area (Å²) in [6.07, 6.45) is 0.387. The minimum atomic E-state index is -4.01. The monoisotopic (exact) mass is 538 g/mol. The molecule has 1 saturated heterocycles. The van der Waals surface area contributed by atoms with E-state index in [1.165, 1.54) is 11.0 Å². The second-order valence-electron chi connectivity index (χ2n) is 8.95. The van der Waals surface area contributed by atoms with Crippen LogP contribution in [0.1, 0.15) is 24.5 Å². The van der Waals surface area contributed by atoms with Gasteiger partial charge in [-0.05, 0) is 53.9 Å². The van der Waals surface area contributed by atoms with E-state index in [2.05, 4.69) is 4.72 Å². The maximum absolute atomic E-state index is 13.3. The molecule has 0 aromatic heterocycles. The van der Waals surface area contributed by atoms with Crippen molar-refractivity contribution in [3.63, 3.8) is 0 Å². The van der Waals surface area contributed by atoms with Crippen LogP contribution in [-0.4, -0.2) is 63.4 Å². The average Bonchev–Trinajstić information content (AvgIpc) is 3.25. The van der Waals surface area contributed by atoms with E-state index in [-0.39, 0.29) is 36.7 Å². The number of esters is 1. The van der Waals surface area contributed by atoms with E-state index in [0.29, 0.717) is 16.7 Å². The molecule has 1 fully saturated rings. The molecule has 3 aromatic rings. The molecule has 4 rings (SSSR count). The molecule has 1 amide bonds. The Morgan fingerprint density at radius 2 is 1.82 bits per heavy atom. The fourth-order valence-corrected chi connectivity index (χ4v) is 5.73. The van der Waals surface area contributed by atoms with Crippen LogP contribution in [0.3, 0.4) is 0 Å². The first-order valence-corrected chi connectivity index (χ1v) is 13.6. The lowest BCUT2D eigenvalue weighted by atomic mass is 10.0. The van der Waals surface area contributed by atoms with Crippen LogP contribution in [0.2, 0.25) is 0 Å². The quantitative estimate of drug-likeness (QED) is 0.203. The van der Waals surface area contributed by atoms with Crippen LogP contribution in [0.25, 0.3) is 10.8 Å². The second-order valence-corrected chi connectivity index (χ2v) is 10.7. The van der Waals surface area contributed by atoms with Gasteiger partial charge in [0.1, 0.15) is 23.7 Å². The number of nitrogens with two attached hydrogens (primary N) is 1. The van der Waals surface area contributed by atoms with Crippen LogP contribution >= 0.6 is 0 Å². The number of ether oxygens (including phenoxy) is 2. The highest BCUT2D eigenvalue weighted by Crippen LogP contribution is 2.25. The first kappa shape index (κ1) is 27.1. The summed E-state index contributed by atoms with van der Waals surface area (Å²) in [4.78, 5) is 27.5. The summed E-state index contributed by atoms with van der Waals surface area (Å²) in [5.41, 5.74) is 6.80. The molecular weight excluding hydrogens is 508 g/mol. The van der Waals surface area contributed by atoms with E-state index in [0.717, 1.165) is 10.9 Å². The van der Waals surface area contributed by atoms with Gasteiger partial charge in [-0.3, -0.25) is 10.2 Å².